The fourth-order valence-corrected chi connectivity index (χ4v) is 3.44. The summed E-state index contributed by atoms with van der Waals surface area (Å²) in [6.45, 7) is 4.02. The number of halogens is 1. The molecule has 0 aliphatic heterocycles. The van der Waals surface area contributed by atoms with E-state index >= 15 is 0 Å². The summed E-state index contributed by atoms with van der Waals surface area (Å²) in [4.78, 5) is 22.7. The first-order valence-electron chi connectivity index (χ1n) is 9.38. The normalized spacial score (nSPS) is 12.1. The minimum absolute atomic E-state index is 0.00268. The molecule has 3 rings (SSSR count). The highest BCUT2D eigenvalue weighted by atomic mass is 127. The lowest BCUT2D eigenvalue weighted by Gasteiger charge is -2.17. The van der Waals surface area contributed by atoms with E-state index in [1.807, 2.05) is 19.9 Å². The number of hydrogen-bond acceptors (Lipinski definition) is 7. The summed E-state index contributed by atoms with van der Waals surface area (Å²) in [6.07, 6.45) is 2.39. The summed E-state index contributed by atoms with van der Waals surface area (Å²) in [5, 5.41) is 15.3. The molecule has 31 heavy (non-hydrogen) atoms. The van der Waals surface area contributed by atoms with Crippen LogP contribution in [-0.4, -0.2) is 30.3 Å². The number of nitro groups is 1. The van der Waals surface area contributed by atoms with Crippen LogP contribution in [0.25, 0.3) is 11.0 Å². The van der Waals surface area contributed by atoms with E-state index in [2.05, 4.69) is 33.1 Å². The van der Waals surface area contributed by atoms with Crippen LogP contribution < -0.4 is 14.9 Å². The van der Waals surface area contributed by atoms with Crippen LogP contribution in [-0.2, 0) is 0 Å². The molecule has 1 N–H and O–H groups in total. The van der Waals surface area contributed by atoms with E-state index in [1.165, 1.54) is 30.5 Å². The molecule has 10 heteroatoms. The van der Waals surface area contributed by atoms with E-state index in [0.29, 0.717) is 28.0 Å². The van der Waals surface area contributed by atoms with Crippen LogP contribution in [0.15, 0.2) is 45.9 Å². The molecule has 1 aromatic heterocycles. The number of fused-ring (bicyclic) bond motifs is 1. The van der Waals surface area contributed by atoms with Gasteiger partial charge in [0.05, 0.1) is 27.9 Å². The molecular formula is C21H20IN3O6. The largest absolute Gasteiger partial charge is 0.493 e. The molecule has 0 aliphatic carbocycles. The Morgan fingerprint density at radius 3 is 2.81 bits per heavy atom. The maximum absolute atomic E-state index is 12.3. The molecule has 0 radical (unpaired) electrons. The van der Waals surface area contributed by atoms with Gasteiger partial charge in [0, 0.05) is 17.5 Å². The molecule has 0 unspecified atom stereocenters. The minimum Gasteiger partial charge on any atom is -0.493 e. The van der Waals surface area contributed by atoms with Gasteiger partial charge in [-0.2, -0.15) is 5.10 Å². The highest BCUT2D eigenvalue weighted by molar-refractivity contribution is 14.1. The molecule has 0 saturated heterocycles. The Morgan fingerprint density at radius 1 is 1.35 bits per heavy atom. The molecule has 2 aromatic carbocycles. The predicted molar refractivity (Wildman–Crippen MR) is 124 cm³/mol. The van der Waals surface area contributed by atoms with Crippen LogP contribution in [0.5, 0.6) is 11.5 Å². The second-order valence-electron chi connectivity index (χ2n) is 6.66. The monoisotopic (exact) mass is 537 g/mol. The first-order valence-corrected chi connectivity index (χ1v) is 10.5. The zero-order valence-electron chi connectivity index (χ0n) is 17.0. The molecule has 0 fully saturated rings. The van der Waals surface area contributed by atoms with Gasteiger partial charge in [-0.05, 0) is 65.8 Å². The van der Waals surface area contributed by atoms with E-state index in [9.17, 15) is 14.9 Å². The number of non-ortho nitro benzene ring substituents is 1. The predicted octanol–water partition coefficient (Wildman–Crippen LogP) is 4.90. The second kappa shape index (κ2) is 9.77. The maximum Gasteiger partial charge on any atom is 0.307 e. The van der Waals surface area contributed by atoms with Gasteiger partial charge in [0.25, 0.3) is 5.69 Å². The standard InChI is InChI=1S/C21H20IN3O6/c1-4-12(2)30-20-16(22)7-13(8-18(20)29-3)11-23-24-21(26)19-10-14-9-15(25(27)28)5-6-17(14)31-19/h5-12H,4H2,1-3H3,(H,24,26)/b23-11-/t12-/m0/s1. The van der Waals surface area contributed by atoms with Crippen molar-refractivity contribution in [3.05, 3.63) is 61.4 Å². The molecule has 1 heterocycles. The number of nitrogens with one attached hydrogen (secondary N) is 1. The third kappa shape index (κ3) is 5.32. The number of hydrogen-bond donors (Lipinski definition) is 1. The number of carbonyl (C=O) groups excluding carboxylic acids is 1. The van der Waals surface area contributed by atoms with E-state index in [-0.39, 0.29) is 17.6 Å². The Labute approximate surface area is 191 Å². The number of benzene rings is 2. The van der Waals surface area contributed by atoms with Gasteiger partial charge in [-0.1, -0.05) is 6.92 Å². The van der Waals surface area contributed by atoms with Crippen molar-refractivity contribution >= 4 is 51.4 Å². The molecule has 9 nitrogen and oxygen atoms in total. The number of nitro benzene ring substituents is 1. The molecule has 0 bridgehead atoms. The number of ether oxygens (including phenoxy) is 2. The Hall–Kier alpha value is -3.15. The topological polar surface area (TPSA) is 116 Å². The van der Waals surface area contributed by atoms with Gasteiger partial charge < -0.3 is 13.9 Å². The quantitative estimate of drug-likeness (QED) is 0.189. The van der Waals surface area contributed by atoms with Crippen LogP contribution in [0, 0.1) is 13.7 Å². The van der Waals surface area contributed by atoms with Crippen molar-refractivity contribution in [1.82, 2.24) is 5.43 Å². The molecule has 3 aromatic rings. The Bertz CT molecular complexity index is 1160. The van der Waals surface area contributed by atoms with Crippen molar-refractivity contribution in [3.63, 3.8) is 0 Å². The van der Waals surface area contributed by atoms with Crippen molar-refractivity contribution in [2.75, 3.05) is 7.11 Å². The zero-order chi connectivity index (χ0) is 22.5. The summed E-state index contributed by atoms with van der Waals surface area (Å²) in [7, 11) is 1.56. The summed E-state index contributed by atoms with van der Waals surface area (Å²) >= 11 is 2.16. The number of furan rings is 1. The molecule has 0 spiro atoms. The highest BCUT2D eigenvalue weighted by Gasteiger charge is 2.16. The minimum atomic E-state index is -0.575. The highest BCUT2D eigenvalue weighted by Crippen LogP contribution is 2.34. The van der Waals surface area contributed by atoms with E-state index < -0.39 is 10.8 Å². The number of hydrazone groups is 1. The summed E-state index contributed by atoms with van der Waals surface area (Å²) in [5.74, 6) is 0.652. The average Bonchev–Trinajstić information content (AvgIpc) is 3.18. The summed E-state index contributed by atoms with van der Waals surface area (Å²) < 4.78 is 17.6. The first kappa shape index (κ1) is 22.5. The van der Waals surface area contributed by atoms with Crippen molar-refractivity contribution in [1.29, 1.82) is 0 Å². The SMILES string of the molecule is CC[C@H](C)Oc1c(I)cc(/C=N\NC(=O)c2cc3cc([N+](=O)[O-])ccc3o2)cc1OC. The van der Waals surface area contributed by atoms with Gasteiger partial charge in [-0.15, -0.1) is 0 Å². The van der Waals surface area contributed by atoms with E-state index in [0.717, 1.165) is 9.99 Å². The lowest BCUT2D eigenvalue weighted by atomic mass is 10.2. The first-order chi connectivity index (χ1) is 14.8. The van der Waals surface area contributed by atoms with Crippen LogP contribution in [0.3, 0.4) is 0 Å². The van der Waals surface area contributed by atoms with Crippen LogP contribution in [0.1, 0.15) is 36.4 Å². The van der Waals surface area contributed by atoms with Gasteiger partial charge in [0.2, 0.25) is 0 Å². The Morgan fingerprint density at radius 2 is 2.13 bits per heavy atom. The Kier molecular flexibility index (Phi) is 7.10. The smallest absolute Gasteiger partial charge is 0.307 e. The fraction of sp³-hybridized carbons (Fsp3) is 0.238. The van der Waals surface area contributed by atoms with Crippen LogP contribution in [0.4, 0.5) is 5.69 Å². The van der Waals surface area contributed by atoms with Crippen molar-refractivity contribution in [2.24, 2.45) is 5.10 Å². The van der Waals surface area contributed by atoms with Crippen molar-refractivity contribution < 1.29 is 23.6 Å². The molecule has 162 valence electrons. The number of amides is 1. The molecular weight excluding hydrogens is 517 g/mol. The molecule has 1 amide bonds. The third-order valence-corrected chi connectivity index (χ3v) is 5.26. The number of rotatable bonds is 8. The number of nitrogens with zero attached hydrogens (tertiary/aromatic N) is 2. The zero-order valence-corrected chi connectivity index (χ0v) is 19.2. The van der Waals surface area contributed by atoms with Gasteiger partial charge in [0.1, 0.15) is 5.58 Å². The lowest BCUT2D eigenvalue weighted by molar-refractivity contribution is -0.384. The lowest BCUT2D eigenvalue weighted by Crippen LogP contribution is -2.16. The van der Waals surface area contributed by atoms with E-state index in [1.54, 1.807) is 13.2 Å². The number of carbonyl (C=O) groups is 1. The van der Waals surface area contributed by atoms with Crippen LogP contribution >= 0.6 is 22.6 Å². The third-order valence-electron chi connectivity index (χ3n) is 4.46. The number of methoxy groups -OCH3 is 1. The average molecular weight is 537 g/mol. The van der Waals surface area contributed by atoms with E-state index in [4.69, 9.17) is 13.9 Å². The van der Waals surface area contributed by atoms with Gasteiger partial charge in [-0.3, -0.25) is 14.9 Å². The maximum atomic E-state index is 12.3. The van der Waals surface area contributed by atoms with Crippen molar-refractivity contribution in [2.45, 2.75) is 26.4 Å². The molecule has 0 aliphatic rings. The van der Waals surface area contributed by atoms with Gasteiger partial charge in [-0.25, -0.2) is 5.43 Å². The van der Waals surface area contributed by atoms with Crippen LogP contribution in [0.2, 0.25) is 0 Å². The van der Waals surface area contributed by atoms with Crippen molar-refractivity contribution in [3.8, 4) is 11.5 Å². The fourth-order valence-electron chi connectivity index (χ4n) is 2.69. The summed E-state index contributed by atoms with van der Waals surface area (Å²) in [6, 6.07) is 9.16. The van der Waals surface area contributed by atoms with Gasteiger partial charge in [0.15, 0.2) is 17.3 Å². The molecule has 0 saturated carbocycles. The van der Waals surface area contributed by atoms with Gasteiger partial charge >= 0.3 is 5.91 Å². The second-order valence-corrected chi connectivity index (χ2v) is 7.82. The molecule has 1 atom stereocenters. The summed E-state index contributed by atoms with van der Waals surface area (Å²) in [5.41, 5.74) is 3.38. The Balaban J connectivity index is 1.74.